The zero-order valence-electron chi connectivity index (χ0n) is 14.4. The molecule has 3 rings (SSSR count). The zero-order chi connectivity index (χ0) is 18.4. The van der Waals surface area contributed by atoms with Gasteiger partial charge < -0.3 is 9.47 Å². The Morgan fingerprint density at radius 2 is 2.08 bits per heavy atom. The summed E-state index contributed by atoms with van der Waals surface area (Å²) < 4.78 is 24.8. The molecule has 0 radical (unpaired) electrons. The van der Waals surface area contributed by atoms with Crippen LogP contribution >= 0.6 is 11.6 Å². The van der Waals surface area contributed by atoms with E-state index in [1.165, 1.54) is 12.1 Å². The molecule has 1 aromatic carbocycles. The van der Waals surface area contributed by atoms with Crippen LogP contribution < -0.4 is 0 Å². The van der Waals surface area contributed by atoms with Gasteiger partial charge in [0.25, 0.3) is 0 Å². The molecule has 0 unspecified atom stereocenters. The minimum Gasteiger partial charge on any atom is -0.342 e. The summed E-state index contributed by atoms with van der Waals surface area (Å²) in [6.45, 7) is 3.29. The lowest BCUT2D eigenvalue weighted by Gasteiger charge is -2.25. The second-order valence-corrected chi connectivity index (χ2v) is 6.41. The number of rotatable bonds is 3. The van der Waals surface area contributed by atoms with Gasteiger partial charge in [-0.1, -0.05) is 35.7 Å². The highest BCUT2D eigenvalue weighted by Crippen LogP contribution is 2.22. The maximum Gasteiger partial charge on any atom is 0.222 e. The third-order valence-electron chi connectivity index (χ3n) is 3.98. The maximum atomic E-state index is 13.6. The minimum atomic E-state index is -0.512. The number of benzene rings is 1. The van der Waals surface area contributed by atoms with Crippen molar-refractivity contribution in [2.45, 2.75) is 19.6 Å². The summed E-state index contributed by atoms with van der Waals surface area (Å²) in [5.41, 5.74) is 2.06. The predicted octanol–water partition coefficient (Wildman–Crippen LogP) is 4.85. The van der Waals surface area contributed by atoms with Gasteiger partial charge in [0.15, 0.2) is 0 Å². The molecule has 0 spiro atoms. The van der Waals surface area contributed by atoms with Crippen molar-refractivity contribution in [3.05, 3.63) is 65.1 Å². The van der Waals surface area contributed by atoms with E-state index in [1.807, 2.05) is 19.1 Å². The van der Waals surface area contributed by atoms with E-state index >= 15 is 0 Å². The lowest BCUT2D eigenvalue weighted by molar-refractivity contribution is -0.168. The van der Waals surface area contributed by atoms with E-state index in [1.54, 1.807) is 18.3 Å². The van der Waals surface area contributed by atoms with Gasteiger partial charge in [0, 0.05) is 23.2 Å². The summed E-state index contributed by atoms with van der Waals surface area (Å²) in [5, 5.41) is 0.0941. The van der Waals surface area contributed by atoms with Crippen molar-refractivity contribution in [1.82, 2.24) is 4.98 Å². The highest BCUT2D eigenvalue weighted by Gasteiger charge is 2.19. The molecule has 2 heterocycles. The summed E-state index contributed by atoms with van der Waals surface area (Å²) in [7, 11) is 0. The molecule has 1 aromatic heterocycles. The molecule has 0 bridgehead atoms. The lowest BCUT2D eigenvalue weighted by atomic mass is 10.1. The molecule has 1 aliphatic rings. The average Bonchev–Trinajstić information content (AvgIpc) is 2.68. The molecule has 0 amide bonds. The molecular weight excluding hydrogens is 353 g/mol. The standard InChI is InChI=1S/C21H19ClFNO2/c1-2-3-4-16-13-25-21(26-14-16)10-6-15-5-9-20(24-12-15)17-7-8-18(22)19(23)11-17/h2-3,5,7-9,11-12,16,21H,4,13-14H2,1H3/b3-2+. The van der Waals surface area contributed by atoms with E-state index in [9.17, 15) is 4.39 Å². The van der Waals surface area contributed by atoms with Crippen molar-refractivity contribution in [2.24, 2.45) is 5.92 Å². The van der Waals surface area contributed by atoms with Crippen LogP contribution in [0.2, 0.25) is 5.02 Å². The normalized spacial score (nSPS) is 20.0. The molecule has 26 heavy (non-hydrogen) atoms. The Labute approximate surface area is 157 Å². The Morgan fingerprint density at radius 1 is 1.27 bits per heavy atom. The van der Waals surface area contributed by atoms with Crippen LogP contribution in [0, 0.1) is 23.6 Å². The van der Waals surface area contributed by atoms with Crippen LogP contribution in [0.4, 0.5) is 4.39 Å². The molecule has 0 saturated carbocycles. The highest BCUT2D eigenvalue weighted by molar-refractivity contribution is 6.30. The van der Waals surface area contributed by atoms with Crippen LogP contribution in [-0.2, 0) is 9.47 Å². The average molecular weight is 372 g/mol. The Morgan fingerprint density at radius 3 is 2.73 bits per heavy atom. The number of hydrogen-bond donors (Lipinski definition) is 0. The van der Waals surface area contributed by atoms with Gasteiger partial charge in [-0.2, -0.15) is 0 Å². The fraction of sp³-hybridized carbons (Fsp3) is 0.286. The van der Waals surface area contributed by atoms with E-state index in [4.69, 9.17) is 21.1 Å². The van der Waals surface area contributed by atoms with Crippen LogP contribution in [0.25, 0.3) is 11.3 Å². The summed E-state index contributed by atoms with van der Waals surface area (Å²) in [4.78, 5) is 4.33. The van der Waals surface area contributed by atoms with Gasteiger partial charge in [0.1, 0.15) is 5.82 Å². The van der Waals surface area contributed by atoms with E-state index in [-0.39, 0.29) is 5.02 Å². The van der Waals surface area contributed by atoms with E-state index in [2.05, 4.69) is 22.9 Å². The van der Waals surface area contributed by atoms with Gasteiger partial charge in [0.2, 0.25) is 6.29 Å². The third-order valence-corrected chi connectivity index (χ3v) is 4.29. The fourth-order valence-electron chi connectivity index (χ4n) is 2.53. The largest absolute Gasteiger partial charge is 0.342 e. The van der Waals surface area contributed by atoms with Crippen LogP contribution in [0.5, 0.6) is 0 Å². The van der Waals surface area contributed by atoms with Gasteiger partial charge >= 0.3 is 0 Å². The van der Waals surface area contributed by atoms with Crippen molar-refractivity contribution in [3.8, 4) is 23.1 Å². The van der Waals surface area contributed by atoms with Crippen LogP contribution in [0.15, 0.2) is 48.7 Å². The first-order valence-electron chi connectivity index (χ1n) is 8.43. The summed E-state index contributed by atoms with van der Waals surface area (Å²) in [5.74, 6) is 5.88. The molecule has 0 N–H and O–H groups in total. The molecule has 0 aliphatic carbocycles. The lowest BCUT2D eigenvalue weighted by Crippen LogP contribution is -2.30. The van der Waals surface area contributed by atoms with Crippen LogP contribution in [0.1, 0.15) is 18.9 Å². The molecule has 1 fully saturated rings. The van der Waals surface area contributed by atoms with Crippen LogP contribution in [0.3, 0.4) is 0 Å². The molecule has 0 atom stereocenters. The molecular formula is C21H19ClFNO2. The summed E-state index contributed by atoms with van der Waals surface area (Å²) >= 11 is 5.70. The Bertz CT molecular complexity index is 831. The Balaban J connectivity index is 1.60. The number of allylic oxidation sites excluding steroid dienone is 2. The van der Waals surface area contributed by atoms with Gasteiger partial charge in [0.05, 0.1) is 23.9 Å². The highest BCUT2D eigenvalue weighted by atomic mass is 35.5. The van der Waals surface area contributed by atoms with Crippen molar-refractivity contribution in [1.29, 1.82) is 0 Å². The smallest absolute Gasteiger partial charge is 0.222 e. The van der Waals surface area contributed by atoms with Crippen molar-refractivity contribution < 1.29 is 13.9 Å². The molecule has 1 aliphatic heterocycles. The quantitative estimate of drug-likeness (QED) is 0.571. The zero-order valence-corrected chi connectivity index (χ0v) is 15.2. The van der Waals surface area contributed by atoms with Crippen molar-refractivity contribution >= 4 is 11.6 Å². The number of ether oxygens (including phenoxy) is 2. The van der Waals surface area contributed by atoms with E-state index < -0.39 is 12.1 Å². The number of hydrogen-bond acceptors (Lipinski definition) is 3. The molecule has 3 nitrogen and oxygen atoms in total. The SMILES string of the molecule is C/C=C/CC1COC(C#Cc2ccc(-c3ccc(Cl)c(F)c3)nc2)OC1. The van der Waals surface area contributed by atoms with E-state index in [0.717, 1.165) is 12.0 Å². The van der Waals surface area contributed by atoms with Crippen molar-refractivity contribution in [2.75, 3.05) is 13.2 Å². The number of aromatic nitrogens is 1. The van der Waals surface area contributed by atoms with Gasteiger partial charge in [-0.3, -0.25) is 4.98 Å². The fourth-order valence-corrected chi connectivity index (χ4v) is 2.64. The second-order valence-electron chi connectivity index (χ2n) is 6.00. The first kappa shape index (κ1) is 18.6. The van der Waals surface area contributed by atoms with Crippen LogP contribution in [-0.4, -0.2) is 24.5 Å². The molecule has 1 saturated heterocycles. The Kier molecular flexibility index (Phi) is 6.40. The first-order valence-corrected chi connectivity index (χ1v) is 8.81. The summed E-state index contributed by atoms with van der Waals surface area (Å²) in [6, 6.07) is 8.24. The third kappa shape index (κ3) is 4.92. The number of pyridine rings is 1. The van der Waals surface area contributed by atoms with Crippen molar-refractivity contribution in [3.63, 3.8) is 0 Å². The number of halogens is 2. The summed E-state index contributed by atoms with van der Waals surface area (Å²) in [6.07, 6.45) is 6.23. The topological polar surface area (TPSA) is 31.4 Å². The molecule has 134 valence electrons. The predicted molar refractivity (Wildman–Crippen MR) is 100 cm³/mol. The second kappa shape index (κ2) is 8.95. The van der Waals surface area contributed by atoms with Gasteiger partial charge in [-0.05, 0) is 43.5 Å². The van der Waals surface area contributed by atoms with E-state index in [0.29, 0.717) is 30.4 Å². The maximum absolute atomic E-state index is 13.6. The van der Waals surface area contributed by atoms with Gasteiger partial charge in [-0.15, -0.1) is 0 Å². The monoisotopic (exact) mass is 371 g/mol. The van der Waals surface area contributed by atoms with Gasteiger partial charge in [-0.25, -0.2) is 4.39 Å². The molecule has 2 aromatic rings. The first-order chi connectivity index (χ1) is 12.7. The molecule has 5 heteroatoms. The Hall–Kier alpha value is -2.19. The number of nitrogens with zero attached hydrogens (tertiary/aromatic N) is 1. The minimum absolute atomic E-state index is 0.0941.